The normalized spacial score (nSPS) is 11.7. The van der Waals surface area contributed by atoms with Crippen molar-refractivity contribution in [2.45, 2.75) is 19.6 Å². The van der Waals surface area contributed by atoms with E-state index in [1.54, 1.807) is 0 Å². The van der Waals surface area contributed by atoms with Crippen LogP contribution in [-0.4, -0.2) is 31.7 Å². The molecule has 156 valence electrons. The maximum absolute atomic E-state index is 12.4. The Kier molecular flexibility index (Phi) is 7.46. The van der Waals surface area contributed by atoms with Crippen LogP contribution in [0.25, 0.3) is 0 Å². The zero-order valence-electron chi connectivity index (χ0n) is 15.2. The molecule has 1 unspecified atom stereocenters. The third-order valence-corrected chi connectivity index (χ3v) is 4.23. The molecule has 0 aliphatic heterocycles. The summed E-state index contributed by atoms with van der Waals surface area (Å²) in [4.78, 5) is 24.6. The van der Waals surface area contributed by atoms with Crippen molar-refractivity contribution in [1.82, 2.24) is 0 Å². The summed E-state index contributed by atoms with van der Waals surface area (Å²) in [6, 6.07) is 6.31. The van der Waals surface area contributed by atoms with Gasteiger partial charge in [0.05, 0.1) is 22.8 Å². The van der Waals surface area contributed by atoms with E-state index >= 15 is 0 Å². The van der Waals surface area contributed by atoms with E-state index in [-0.39, 0.29) is 38.5 Å². The first-order valence-corrected chi connectivity index (χ1v) is 8.77. The third-order valence-electron chi connectivity index (χ3n) is 3.61. The Morgan fingerprint density at radius 1 is 1.10 bits per heavy atom. The lowest BCUT2D eigenvalue weighted by Crippen LogP contribution is -2.30. The molecule has 1 atom stereocenters. The molecule has 1 amide bonds. The smallest absolute Gasteiger partial charge is 0.387 e. The Morgan fingerprint density at radius 2 is 1.79 bits per heavy atom. The highest BCUT2D eigenvalue weighted by molar-refractivity contribution is 6.33. The van der Waals surface area contributed by atoms with E-state index in [9.17, 15) is 18.4 Å². The van der Waals surface area contributed by atoms with Crippen LogP contribution < -0.4 is 20.5 Å². The Balaban J connectivity index is 2.07. The van der Waals surface area contributed by atoms with Gasteiger partial charge in [-0.25, -0.2) is 4.79 Å². The van der Waals surface area contributed by atoms with Gasteiger partial charge in [0.1, 0.15) is 17.1 Å². The lowest BCUT2D eigenvalue weighted by Gasteiger charge is -2.16. The number of carbonyl (C=O) groups is 2. The fourth-order valence-electron chi connectivity index (χ4n) is 2.19. The van der Waals surface area contributed by atoms with Crippen molar-refractivity contribution >= 4 is 46.5 Å². The lowest BCUT2D eigenvalue weighted by molar-refractivity contribution is -0.123. The number of methoxy groups -OCH3 is 1. The Morgan fingerprint density at radius 3 is 2.38 bits per heavy atom. The van der Waals surface area contributed by atoms with E-state index in [2.05, 4.69) is 10.1 Å². The fourth-order valence-corrected chi connectivity index (χ4v) is 2.58. The summed E-state index contributed by atoms with van der Waals surface area (Å²) in [6.45, 7) is -1.69. The standard InChI is InChI=1S/C18H16Cl2F2N2O5/c1-8(28-17(26)10-6-11(19)13(23)7-15(10)27-2)16(25)24-9-3-4-14(12(20)5-9)29-18(21)22/h3-8,18H,23H2,1-2H3,(H,24,25). The summed E-state index contributed by atoms with van der Waals surface area (Å²) in [7, 11) is 1.33. The maximum Gasteiger partial charge on any atom is 0.387 e. The molecule has 2 aromatic rings. The van der Waals surface area contributed by atoms with Crippen LogP contribution in [0.3, 0.4) is 0 Å². The molecule has 0 saturated carbocycles. The van der Waals surface area contributed by atoms with Crippen LogP contribution in [0.5, 0.6) is 11.5 Å². The Labute approximate surface area is 174 Å². The van der Waals surface area contributed by atoms with Crippen LogP contribution in [0, 0.1) is 0 Å². The molecular weight excluding hydrogens is 433 g/mol. The number of benzene rings is 2. The molecule has 0 radical (unpaired) electrons. The Hall–Kier alpha value is -2.78. The molecule has 3 N–H and O–H groups in total. The summed E-state index contributed by atoms with van der Waals surface area (Å²) in [5.74, 6) is -1.65. The highest BCUT2D eigenvalue weighted by atomic mass is 35.5. The molecule has 29 heavy (non-hydrogen) atoms. The fraction of sp³-hybridized carbons (Fsp3) is 0.222. The predicted molar refractivity (Wildman–Crippen MR) is 104 cm³/mol. The molecule has 0 saturated heterocycles. The topological polar surface area (TPSA) is 99.9 Å². The van der Waals surface area contributed by atoms with Gasteiger partial charge in [0.15, 0.2) is 6.10 Å². The van der Waals surface area contributed by atoms with Gasteiger partial charge in [0.2, 0.25) is 0 Å². The van der Waals surface area contributed by atoms with Crippen molar-refractivity contribution in [3.05, 3.63) is 45.9 Å². The minimum atomic E-state index is -3.04. The first kappa shape index (κ1) is 22.5. The summed E-state index contributed by atoms with van der Waals surface area (Å²) in [5.41, 5.74) is 6.05. The molecule has 0 aliphatic carbocycles. The molecule has 0 bridgehead atoms. The minimum absolute atomic E-state index is 0.0112. The van der Waals surface area contributed by atoms with Crippen LogP contribution in [0.15, 0.2) is 30.3 Å². The monoisotopic (exact) mass is 448 g/mol. The zero-order valence-corrected chi connectivity index (χ0v) is 16.7. The van der Waals surface area contributed by atoms with Crippen molar-refractivity contribution in [2.75, 3.05) is 18.2 Å². The molecule has 2 aromatic carbocycles. The van der Waals surface area contributed by atoms with E-state index in [0.717, 1.165) is 0 Å². The summed E-state index contributed by atoms with van der Waals surface area (Å²) >= 11 is 11.7. The van der Waals surface area contributed by atoms with E-state index < -0.39 is 24.6 Å². The molecule has 0 heterocycles. The molecular formula is C18H16Cl2F2N2O5. The van der Waals surface area contributed by atoms with Gasteiger partial charge in [-0.15, -0.1) is 0 Å². The molecule has 0 aromatic heterocycles. The second kappa shape index (κ2) is 9.62. The van der Waals surface area contributed by atoms with Crippen LogP contribution >= 0.6 is 23.2 Å². The van der Waals surface area contributed by atoms with E-state index in [1.165, 1.54) is 44.4 Å². The number of nitrogens with two attached hydrogens (primary N) is 1. The third kappa shape index (κ3) is 5.85. The first-order chi connectivity index (χ1) is 13.6. The number of alkyl halides is 2. The second-order valence-electron chi connectivity index (χ2n) is 5.63. The average molecular weight is 449 g/mol. The largest absolute Gasteiger partial charge is 0.496 e. The summed E-state index contributed by atoms with van der Waals surface area (Å²) < 4.78 is 38.9. The van der Waals surface area contributed by atoms with Crippen molar-refractivity contribution in [3.8, 4) is 11.5 Å². The van der Waals surface area contributed by atoms with Gasteiger partial charge in [0, 0.05) is 11.8 Å². The highest BCUT2D eigenvalue weighted by Gasteiger charge is 2.23. The molecule has 11 heteroatoms. The first-order valence-electron chi connectivity index (χ1n) is 8.01. The molecule has 0 aliphatic rings. The van der Waals surface area contributed by atoms with Gasteiger partial charge in [0.25, 0.3) is 5.91 Å². The van der Waals surface area contributed by atoms with E-state index in [0.29, 0.717) is 0 Å². The van der Waals surface area contributed by atoms with Gasteiger partial charge in [-0.3, -0.25) is 4.79 Å². The van der Waals surface area contributed by atoms with Gasteiger partial charge in [-0.1, -0.05) is 23.2 Å². The van der Waals surface area contributed by atoms with Crippen LogP contribution in [-0.2, 0) is 9.53 Å². The van der Waals surface area contributed by atoms with Crippen molar-refractivity contribution in [3.63, 3.8) is 0 Å². The molecule has 7 nitrogen and oxygen atoms in total. The van der Waals surface area contributed by atoms with Gasteiger partial charge >= 0.3 is 12.6 Å². The van der Waals surface area contributed by atoms with Crippen molar-refractivity contribution < 1.29 is 32.6 Å². The number of anilines is 2. The predicted octanol–water partition coefficient (Wildman–Crippen LogP) is 4.37. The number of rotatable bonds is 7. The number of hydrogen-bond donors (Lipinski definition) is 2. The molecule has 2 rings (SSSR count). The van der Waals surface area contributed by atoms with Crippen molar-refractivity contribution in [2.24, 2.45) is 0 Å². The van der Waals surface area contributed by atoms with E-state index in [1.807, 2.05) is 0 Å². The number of amides is 1. The maximum atomic E-state index is 12.4. The van der Waals surface area contributed by atoms with Crippen LogP contribution in [0.4, 0.5) is 20.2 Å². The number of esters is 1. The quantitative estimate of drug-likeness (QED) is 0.481. The SMILES string of the molecule is COc1cc(N)c(Cl)cc1C(=O)OC(C)C(=O)Nc1ccc(OC(F)F)c(Cl)c1. The van der Waals surface area contributed by atoms with Gasteiger partial charge in [-0.2, -0.15) is 8.78 Å². The van der Waals surface area contributed by atoms with Gasteiger partial charge in [-0.05, 0) is 31.2 Å². The minimum Gasteiger partial charge on any atom is -0.496 e. The zero-order chi connectivity index (χ0) is 21.7. The molecule has 0 spiro atoms. The number of hydrogen-bond acceptors (Lipinski definition) is 6. The summed E-state index contributed by atoms with van der Waals surface area (Å²) in [6.07, 6.45) is -1.21. The number of carbonyl (C=O) groups excluding carboxylic acids is 2. The average Bonchev–Trinajstić information content (AvgIpc) is 2.65. The van der Waals surface area contributed by atoms with Crippen LogP contribution in [0.1, 0.15) is 17.3 Å². The second-order valence-corrected chi connectivity index (χ2v) is 6.45. The number of ether oxygens (including phenoxy) is 3. The lowest BCUT2D eigenvalue weighted by atomic mass is 10.2. The molecule has 0 fully saturated rings. The number of halogens is 4. The van der Waals surface area contributed by atoms with Crippen LogP contribution in [0.2, 0.25) is 10.0 Å². The highest BCUT2D eigenvalue weighted by Crippen LogP contribution is 2.30. The van der Waals surface area contributed by atoms with Gasteiger partial charge < -0.3 is 25.3 Å². The van der Waals surface area contributed by atoms with E-state index in [4.69, 9.17) is 38.4 Å². The van der Waals surface area contributed by atoms with Crippen molar-refractivity contribution in [1.29, 1.82) is 0 Å². The number of nitrogens with one attached hydrogen (secondary N) is 1. The number of nitrogen functional groups attached to an aromatic ring is 1. The Bertz CT molecular complexity index is 927. The summed E-state index contributed by atoms with van der Waals surface area (Å²) in [5, 5.41) is 2.44.